The van der Waals surface area contributed by atoms with Gasteiger partial charge in [-0.2, -0.15) is 5.10 Å². The minimum Gasteiger partial charge on any atom is -0.506 e. The van der Waals surface area contributed by atoms with E-state index in [1.165, 1.54) is 12.1 Å². The molecule has 3 aromatic rings. The second-order valence-corrected chi connectivity index (χ2v) is 5.99. The maximum Gasteiger partial charge on any atom is 0.407 e. The summed E-state index contributed by atoms with van der Waals surface area (Å²) >= 11 is 0. The van der Waals surface area contributed by atoms with Crippen molar-refractivity contribution in [3.8, 4) is 17.0 Å². The molecule has 1 aromatic carbocycles. The highest BCUT2D eigenvalue weighted by Gasteiger charge is 2.14. The lowest BCUT2D eigenvalue weighted by atomic mass is 10.1. The zero-order valence-electron chi connectivity index (χ0n) is 14.9. The van der Waals surface area contributed by atoms with Crippen molar-refractivity contribution in [3.63, 3.8) is 0 Å². The lowest BCUT2D eigenvalue weighted by Gasteiger charge is -2.10. The van der Waals surface area contributed by atoms with Gasteiger partial charge in [-0.3, -0.25) is 4.68 Å². The molecule has 0 spiro atoms. The first-order valence-corrected chi connectivity index (χ1v) is 8.27. The fourth-order valence-corrected chi connectivity index (χ4v) is 2.57. The van der Waals surface area contributed by atoms with Gasteiger partial charge in [0.2, 0.25) is 0 Å². The Morgan fingerprint density at radius 3 is 2.89 bits per heavy atom. The standard InChI is InChI=1S/C19H19FN4O3/c1-12-18(25)7-6-16(23-12)15-9-22-24(2)17(15)10-21-19(26)27-11-13-4-3-5-14(20)8-13/h3-9,25H,10-11H2,1-2H3,(H,21,26). The number of nitrogens with one attached hydrogen (secondary N) is 1. The number of benzene rings is 1. The van der Waals surface area contributed by atoms with E-state index in [4.69, 9.17) is 4.74 Å². The Morgan fingerprint density at radius 2 is 2.15 bits per heavy atom. The summed E-state index contributed by atoms with van der Waals surface area (Å²) in [5.41, 5.74) is 3.18. The molecule has 8 heteroatoms. The first kappa shape index (κ1) is 18.4. The molecule has 0 aliphatic carbocycles. The van der Waals surface area contributed by atoms with Crippen LogP contribution in [0.5, 0.6) is 5.75 Å². The molecule has 7 nitrogen and oxygen atoms in total. The first-order chi connectivity index (χ1) is 12.9. The Balaban J connectivity index is 1.65. The Hall–Kier alpha value is -3.42. The van der Waals surface area contributed by atoms with Crippen LogP contribution in [0.3, 0.4) is 0 Å². The number of nitrogens with zero attached hydrogens (tertiary/aromatic N) is 3. The topological polar surface area (TPSA) is 89.3 Å². The number of amides is 1. The Labute approximate surface area is 155 Å². The second kappa shape index (κ2) is 7.86. The quantitative estimate of drug-likeness (QED) is 0.720. The molecule has 0 radical (unpaired) electrons. The van der Waals surface area contributed by atoms with Gasteiger partial charge in [-0.25, -0.2) is 14.2 Å². The summed E-state index contributed by atoms with van der Waals surface area (Å²) in [5, 5.41) is 16.5. The summed E-state index contributed by atoms with van der Waals surface area (Å²) in [4.78, 5) is 16.3. The number of aryl methyl sites for hydroxylation is 2. The predicted octanol–water partition coefficient (Wildman–Crippen LogP) is 3.06. The van der Waals surface area contributed by atoms with Gasteiger partial charge in [-0.05, 0) is 36.8 Å². The number of alkyl carbamates (subject to hydrolysis) is 1. The van der Waals surface area contributed by atoms with Gasteiger partial charge in [0.05, 0.1) is 29.8 Å². The van der Waals surface area contributed by atoms with Crippen molar-refractivity contribution in [3.05, 3.63) is 65.4 Å². The highest BCUT2D eigenvalue weighted by molar-refractivity contribution is 5.68. The van der Waals surface area contributed by atoms with Gasteiger partial charge in [-0.1, -0.05) is 12.1 Å². The molecule has 0 aliphatic heterocycles. The van der Waals surface area contributed by atoms with Crippen molar-refractivity contribution in [1.82, 2.24) is 20.1 Å². The summed E-state index contributed by atoms with van der Waals surface area (Å²) in [6.45, 7) is 1.85. The van der Waals surface area contributed by atoms with Crippen molar-refractivity contribution in [1.29, 1.82) is 0 Å². The molecule has 27 heavy (non-hydrogen) atoms. The number of aromatic hydroxyl groups is 1. The molecule has 140 valence electrons. The van der Waals surface area contributed by atoms with Crippen LogP contribution in [0.15, 0.2) is 42.6 Å². The van der Waals surface area contributed by atoms with Crippen LogP contribution in [0.2, 0.25) is 0 Å². The SMILES string of the molecule is Cc1nc(-c2cnn(C)c2CNC(=O)OCc2cccc(F)c2)ccc1O. The van der Waals surface area contributed by atoms with Crippen molar-refractivity contribution in [2.24, 2.45) is 7.05 Å². The van der Waals surface area contributed by atoms with E-state index < -0.39 is 6.09 Å². The van der Waals surface area contributed by atoms with Crippen LogP contribution < -0.4 is 5.32 Å². The molecule has 2 heterocycles. The van der Waals surface area contributed by atoms with Crippen LogP contribution in [0.1, 0.15) is 17.0 Å². The van der Waals surface area contributed by atoms with Crippen LogP contribution in [0.25, 0.3) is 11.3 Å². The summed E-state index contributed by atoms with van der Waals surface area (Å²) in [7, 11) is 1.76. The average molecular weight is 370 g/mol. The molecule has 0 bridgehead atoms. The number of aromatic nitrogens is 3. The highest BCUT2D eigenvalue weighted by Crippen LogP contribution is 2.24. The summed E-state index contributed by atoms with van der Waals surface area (Å²) < 4.78 is 19.9. The van der Waals surface area contributed by atoms with E-state index in [9.17, 15) is 14.3 Å². The molecule has 2 N–H and O–H groups in total. The molecule has 0 saturated carbocycles. The summed E-state index contributed by atoms with van der Waals surface area (Å²) in [6, 6.07) is 9.12. The minimum atomic E-state index is -0.624. The van der Waals surface area contributed by atoms with Crippen LogP contribution >= 0.6 is 0 Å². The zero-order valence-corrected chi connectivity index (χ0v) is 14.9. The number of hydrogen-bond acceptors (Lipinski definition) is 5. The Bertz CT molecular complexity index is 971. The molecule has 0 aliphatic rings. The van der Waals surface area contributed by atoms with E-state index in [1.54, 1.807) is 49.1 Å². The van der Waals surface area contributed by atoms with E-state index in [-0.39, 0.29) is 24.7 Å². The predicted molar refractivity (Wildman–Crippen MR) is 96.3 cm³/mol. The summed E-state index contributed by atoms with van der Waals surface area (Å²) in [5.74, 6) is -0.268. The lowest BCUT2D eigenvalue weighted by molar-refractivity contribution is 0.139. The molecule has 0 atom stereocenters. The average Bonchev–Trinajstić information content (AvgIpc) is 3.01. The van der Waals surface area contributed by atoms with Crippen LogP contribution in [-0.4, -0.2) is 26.0 Å². The normalized spacial score (nSPS) is 10.6. The largest absolute Gasteiger partial charge is 0.506 e. The van der Waals surface area contributed by atoms with Crippen molar-refractivity contribution in [2.75, 3.05) is 0 Å². The molecular formula is C19H19FN4O3. The smallest absolute Gasteiger partial charge is 0.407 e. The third-order valence-electron chi connectivity index (χ3n) is 4.05. The van der Waals surface area contributed by atoms with E-state index in [1.807, 2.05) is 0 Å². The minimum absolute atomic E-state index is 0.0272. The molecule has 3 rings (SSSR count). The number of carbonyl (C=O) groups excluding carboxylic acids is 1. The number of rotatable bonds is 5. The number of ether oxygens (including phenoxy) is 1. The van der Waals surface area contributed by atoms with Crippen molar-refractivity contribution >= 4 is 6.09 Å². The summed E-state index contributed by atoms with van der Waals surface area (Å²) in [6.07, 6.45) is 1.02. The molecule has 1 amide bonds. The molecule has 0 fully saturated rings. The number of halogens is 1. The van der Waals surface area contributed by atoms with Gasteiger partial charge in [0.15, 0.2) is 0 Å². The van der Waals surface area contributed by atoms with Crippen LogP contribution in [-0.2, 0) is 24.9 Å². The third-order valence-corrected chi connectivity index (χ3v) is 4.05. The zero-order chi connectivity index (χ0) is 19.4. The molecule has 0 unspecified atom stereocenters. The Morgan fingerprint density at radius 1 is 1.33 bits per heavy atom. The fraction of sp³-hybridized carbons (Fsp3) is 0.211. The third kappa shape index (κ3) is 4.41. The lowest BCUT2D eigenvalue weighted by Crippen LogP contribution is -2.25. The van der Waals surface area contributed by atoms with E-state index in [0.717, 1.165) is 11.3 Å². The van der Waals surface area contributed by atoms with E-state index in [0.29, 0.717) is 17.0 Å². The van der Waals surface area contributed by atoms with Crippen LogP contribution in [0.4, 0.5) is 9.18 Å². The van der Waals surface area contributed by atoms with Gasteiger partial charge in [0.1, 0.15) is 18.2 Å². The molecular weight excluding hydrogens is 351 g/mol. The number of carbonyl (C=O) groups is 1. The van der Waals surface area contributed by atoms with Gasteiger partial charge in [0.25, 0.3) is 0 Å². The van der Waals surface area contributed by atoms with Crippen molar-refractivity contribution < 1.29 is 19.0 Å². The van der Waals surface area contributed by atoms with E-state index in [2.05, 4.69) is 15.4 Å². The number of pyridine rings is 1. The maximum atomic E-state index is 13.1. The monoisotopic (exact) mass is 370 g/mol. The first-order valence-electron chi connectivity index (χ1n) is 8.27. The van der Waals surface area contributed by atoms with E-state index >= 15 is 0 Å². The second-order valence-electron chi connectivity index (χ2n) is 5.99. The Kier molecular flexibility index (Phi) is 5.35. The number of hydrogen-bond donors (Lipinski definition) is 2. The molecule has 2 aromatic heterocycles. The van der Waals surface area contributed by atoms with Crippen molar-refractivity contribution in [2.45, 2.75) is 20.1 Å². The highest BCUT2D eigenvalue weighted by atomic mass is 19.1. The fourth-order valence-electron chi connectivity index (χ4n) is 2.57. The molecule has 0 saturated heterocycles. The van der Waals surface area contributed by atoms with Crippen LogP contribution in [0, 0.1) is 12.7 Å². The maximum absolute atomic E-state index is 13.1. The van der Waals surface area contributed by atoms with Gasteiger partial charge >= 0.3 is 6.09 Å². The van der Waals surface area contributed by atoms with Gasteiger partial charge < -0.3 is 15.2 Å². The van der Waals surface area contributed by atoms with Gasteiger partial charge in [-0.15, -0.1) is 0 Å². The van der Waals surface area contributed by atoms with Gasteiger partial charge in [0, 0.05) is 12.6 Å².